The Kier molecular flexibility index (Phi) is 5.89. The number of fused-ring (bicyclic) bond motifs is 1. The number of rotatable bonds is 7. The molecule has 0 saturated heterocycles. The third kappa shape index (κ3) is 4.16. The third-order valence-electron chi connectivity index (χ3n) is 5.50. The number of hydrazone groups is 1. The largest absolute Gasteiger partial charge is 0.375 e. The van der Waals surface area contributed by atoms with Crippen molar-refractivity contribution in [1.82, 2.24) is 15.3 Å². The summed E-state index contributed by atoms with van der Waals surface area (Å²) in [5.41, 5.74) is 10.7. The molecule has 0 fully saturated rings. The van der Waals surface area contributed by atoms with Crippen LogP contribution in [0, 0.1) is 0 Å². The van der Waals surface area contributed by atoms with Crippen LogP contribution in [0.3, 0.4) is 0 Å². The molecule has 1 atom stereocenters. The van der Waals surface area contributed by atoms with Crippen LogP contribution in [0.15, 0.2) is 83.4 Å². The zero-order chi connectivity index (χ0) is 20.1. The first-order chi connectivity index (χ1) is 14.3. The average molecular weight is 385 g/mol. The summed E-state index contributed by atoms with van der Waals surface area (Å²) in [4.78, 5) is 6.71. The number of hydrogen-bond acceptors (Lipinski definition) is 4. The van der Waals surface area contributed by atoms with Crippen molar-refractivity contribution in [3.05, 3.63) is 89.4 Å². The van der Waals surface area contributed by atoms with Crippen LogP contribution in [0.25, 0.3) is 11.6 Å². The van der Waals surface area contributed by atoms with Crippen molar-refractivity contribution in [2.24, 2.45) is 5.10 Å². The minimum Gasteiger partial charge on any atom is -0.375 e. The lowest BCUT2D eigenvalue weighted by atomic mass is 9.86. The van der Waals surface area contributed by atoms with E-state index in [0.717, 1.165) is 31.6 Å². The Balaban J connectivity index is 1.71. The minimum absolute atomic E-state index is 0.233. The molecule has 0 bridgehead atoms. The minimum atomic E-state index is 0.233. The van der Waals surface area contributed by atoms with Gasteiger partial charge in [-0.2, -0.15) is 5.10 Å². The van der Waals surface area contributed by atoms with E-state index in [1.54, 1.807) is 0 Å². The SMILES string of the molecule is CCCN(CC)C1=C(c2ccncc2)C=C2C(/C=C/c3ccccc3)=NNC2C1. The van der Waals surface area contributed by atoms with Gasteiger partial charge in [0.2, 0.25) is 0 Å². The lowest BCUT2D eigenvalue weighted by Crippen LogP contribution is -2.33. The topological polar surface area (TPSA) is 40.5 Å². The van der Waals surface area contributed by atoms with Crippen molar-refractivity contribution in [3.63, 3.8) is 0 Å². The van der Waals surface area contributed by atoms with Crippen molar-refractivity contribution >= 4 is 17.4 Å². The van der Waals surface area contributed by atoms with E-state index in [4.69, 9.17) is 0 Å². The zero-order valence-corrected chi connectivity index (χ0v) is 17.2. The molecular formula is C25H28N4. The Labute approximate surface area is 173 Å². The molecule has 0 amide bonds. The highest BCUT2D eigenvalue weighted by Crippen LogP contribution is 2.35. The van der Waals surface area contributed by atoms with Gasteiger partial charge in [0, 0.05) is 48.7 Å². The summed E-state index contributed by atoms with van der Waals surface area (Å²) in [6, 6.07) is 14.8. The fourth-order valence-corrected chi connectivity index (χ4v) is 4.04. The van der Waals surface area contributed by atoms with Gasteiger partial charge in [-0.1, -0.05) is 43.3 Å². The van der Waals surface area contributed by atoms with E-state index in [-0.39, 0.29) is 6.04 Å². The number of benzene rings is 1. The molecule has 2 heterocycles. The molecule has 2 aromatic rings. The van der Waals surface area contributed by atoms with Gasteiger partial charge in [-0.25, -0.2) is 0 Å². The molecule has 1 unspecified atom stereocenters. The van der Waals surface area contributed by atoms with Crippen molar-refractivity contribution < 1.29 is 0 Å². The predicted octanol–water partition coefficient (Wildman–Crippen LogP) is 4.90. The number of pyridine rings is 1. The number of allylic oxidation sites excluding steroid dienone is 3. The van der Waals surface area contributed by atoms with Crippen molar-refractivity contribution in [2.75, 3.05) is 13.1 Å². The maximum atomic E-state index is 4.64. The lowest BCUT2D eigenvalue weighted by Gasteiger charge is -2.33. The number of hydrogen-bond donors (Lipinski definition) is 1. The van der Waals surface area contributed by atoms with Crippen molar-refractivity contribution in [1.29, 1.82) is 0 Å². The van der Waals surface area contributed by atoms with Gasteiger partial charge in [0.1, 0.15) is 0 Å². The Morgan fingerprint density at radius 2 is 1.86 bits per heavy atom. The number of aromatic nitrogens is 1. The third-order valence-corrected chi connectivity index (χ3v) is 5.50. The van der Waals surface area contributed by atoms with E-state index in [1.807, 2.05) is 18.5 Å². The van der Waals surface area contributed by atoms with Crippen LogP contribution in [0.4, 0.5) is 0 Å². The van der Waals surface area contributed by atoms with Crippen molar-refractivity contribution in [3.8, 4) is 0 Å². The fraction of sp³-hybridized carbons (Fsp3) is 0.280. The molecule has 1 aliphatic heterocycles. The molecule has 4 heteroatoms. The summed E-state index contributed by atoms with van der Waals surface area (Å²) in [6.07, 6.45) is 12.4. The summed E-state index contributed by atoms with van der Waals surface area (Å²) in [5, 5.41) is 4.64. The molecule has 0 spiro atoms. The Bertz CT molecular complexity index is 955. The predicted molar refractivity (Wildman–Crippen MR) is 121 cm³/mol. The van der Waals surface area contributed by atoms with E-state index in [9.17, 15) is 0 Å². The second kappa shape index (κ2) is 8.91. The molecule has 148 valence electrons. The summed E-state index contributed by atoms with van der Waals surface area (Å²) in [5.74, 6) is 0. The van der Waals surface area contributed by atoms with E-state index in [1.165, 1.54) is 28.0 Å². The van der Waals surface area contributed by atoms with Crippen LogP contribution >= 0.6 is 0 Å². The molecular weight excluding hydrogens is 356 g/mol. The molecule has 0 radical (unpaired) electrons. The summed E-state index contributed by atoms with van der Waals surface area (Å²) in [7, 11) is 0. The molecule has 2 aliphatic rings. The van der Waals surface area contributed by atoms with Crippen LogP contribution < -0.4 is 5.43 Å². The zero-order valence-electron chi connectivity index (χ0n) is 17.2. The first-order valence-corrected chi connectivity index (χ1v) is 10.5. The van der Waals surface area contributed by atoms with Gasteiger partial charge in [0.25, 0.3) is 0 Å². The van der Waals surface area contributed by atoms with Gasteiger partial charge in [-0.15, -0.1) is 0 Å². The van der Waals surface area contributed by atoms with E-state index in [0.29, 0.717) is 0 Å². The molecule has 29 heavy (non-hydrogen) atoms. The lowest BCUT2D eigenvalue weighted by molar-refractivity contribution is 0.342. The maximum absolute atomic E-state index is 4.64. The van der Waals surface area contributed by atoms with Gasteiger partial charge >= 0.3 is 0 Å². The second-order valence-electron chi connectivity index (χ2n) is 7.40. The van der Waals surface area contributed by atoms with E-state index in [2.05, 4.69) is 88.9 Å². The molecule has 1 aromatic heterocycles. The van der Waals surface area contributed by atoms with Crippen LogP contribution in [0.1, 0.15) is 37.8 Å². The molecule has 1 N–H and O–H groups in total. The normalized spacial score (nSPS) is 18.3. The molecule has 4 nitrogen and oxygen atoms in total. The average Bonchev–Trinajstić information content (AvgIpc) is 3.18. The van der Waals surface area contributed by atoms with E-state index >= 15 is 0 Å². The highest BCUT2D eigenvalue weighted by atomic mass is 15.3. The summed E-state index contributed by atoms with van der Waals surface area (Å²) < 4.78 is 0. The smallest absolute Gasteiger partial charge is 0.0883 e. The molecule has 4 rings (SSSR count). The summed E-state index contributed by atoms with van der Waals surface area (Å²) >= 11 is 0. The Hall–Kier alpha value is -3.14. The van der Waals surface area contributed by atoms with Gasteiger partial charge in [-0.05, 0) is 48.8 Å². The van der Waals surface area contributed by atoms with Crippen LogP contribution in [-0.4, -0.2) is 34.7 Å². The fourth-order valence-electron chi connectivity index (χ4n) is 4.04. The molecule has 1 aliphatic carbocycles. The molecule has 1 aromatic carbocycles. The Morgan fingerprint density at radius 3 is 2.59 bits per heavy atom. The second-order valence-corrected chi connectivity index (χ2v) is 7.40. The number of nitrogens with zero attached hydrogens (tertiary/aromatic N) is 3. The van der Waals surface area contributed by atoms with Crippen molar-refractivity contribution in [2.45, 2.75) is 32.7 Å². The first kappa shape index (κ1) is 19.2. The van der Waals surface area contributed by atoms with Gasteiger partial charge < -0.3 is 10.3 Å². The quantitative estimate of drug-likeness (QED) is 0.738. The Morgan fingerprint density at radius 1 is 1.07 bits per heavy atom. The van der Waals surface area contributed by atoms with Crippen LogP contribution in [0.2, 0.25) is 0 Å². The standard InChI is InChI=1S/C25H28N4/c1-3-16-29(4-2)25-18-24-22(17-21(25)20-12-14-26-15-13-20)23(27-28-24)11-10-19-8-6-5-7-9-19/h5-15,17,24,28H,3-4,16,18H2,1-2H3/b11-10+. The molecule has 0 saturated carbocycles. The maximum Gasteiger partial charge on any atom is 0.0883 e. The highest BCUT2D eigenvalue weighted by Gasteiger charge is 2.31. The van der Waals surface area contributed by atoms with Gasteiger partial charge in [0.15, 0.2) is 0 Å². The summed E-state index contributed by atoms with van der Waals surface area (Å²) in [6.45, 7) is 6.55. The van der Waals surface area contributed by atoms with E-state index < -0.39 is 0 Å². The van der Waals surface area contributed by atoms with Gasteiger partial charge in [-0.3, -0.25) is 4.98 Å². The van der Waals surface area contributed by atoms with Crippen LogP contribution in [-0.2, 0) is 0 Å². The first-order valence-electron chi connectivity index (χ1n) is 10.5. The number of nitrogens with one attached hydrogen (secondary N) is 1. The van der Waals surface area contributed by atoms with Crippen LogP contribution in [0.5, 0.6) is 0 Å². The monoisotopic (exact) mass is 384 g/mol. The van der Waals surface area contributed by atoms with Gasteiger partial charge in [0.05, 0.1) is 11.8 Å². The highest BCUT2D eigenvalue weighted by molar-refractivity contribution is 6.14.